The van der Waals surface area contributed by atoms with E-state index in [-0.39, 0.29) is 0 Å². The van der Waals surface area contributed by atoms with Gasteiger partial charge in [-0.1, -0.05) is 36.4 Å². The van der Waals surface area contributed by atoms with Crippen LogP contribution < -0.4 is 0 Å². The highest BCUT2D eigenvalue weighted by Gasteiger charge is 2.54. The number of benzene rings is 2. The first-order valence-electron chi connectivity index (χ1n) is 9.19. The lowest BCUT2D eigenvalue weighted by Crippen LogP contribution is -2.45. The van der Waals surface area contributed by atoms with Gasteiger partial charge in [0.2, 0.25) is 0 Å². The Morgan fingerprint density at radius 3 is 1.09 bits per heavy atom. The summed E-state index contributed by atoms with van der Waals surface area (Å²) >= 11 is 0. The predicted octanol–water partition coefficient (Wildman–Crippen LogP) is 0.712. The molecule has 0 spiro atoms. The highest BCUT2D eigenvalue weighted by molar-refractivity contribution is 8.33. The average molecular weight is 547 g/mol. The zero-order valence-electron chi connectivity index (χ0n) is 17.6. The molecule has 0 amide bonds. The lowest BCUT2D eigenvalue weighted by atomic mass is 10.4. The second-order valence-corrected chi connectivity index (χ2v) is 15.6. The predicted molar refractivity (Wildman–Crippen MR) is 121 cm³/mol. The van der Waals surface area contributed by atoms with Crippen LogP contribution in [0.4, 0.5) is 0 Å². The van der Waals surface area contributed by atoms with E-state index in [4.69, 9.17) is 0 Å². The highest BCUT2D eigenvalue weighted by atomic mass is 32.3. The first-order valence-corrected chi connectivity index (χ1v) is 15.2. The SMILES string of the molecule is CC(C(C)S(=O)(=O)C(=[N+]=[N-])S(=O)(=O)c1ccccc1)S(=O)(=O)C(=[N+]=[N-])S(=O)(=O)c1ccccc1. The summed E-state index contributed by atoms with van der Waals surface area (Å²) < 4.78 is 99.6. The van der Waals surface area contributed by atoms with Crippen LogP contribution in [0.3, 0.4) is 0 Å². The molecule has 12 nitrogen and oxygen atoms in total. The van der Waals surface area contributed by atoms with Crippen molar-refractivity contribution in [2.45, 2.75) is 34.1 Å². The van der Waals surface area contributed by atoms with Crippen LogP contribution in [0.2, 0.25) is 0 Å². The van der Waals surface area contributed by atoms with Crippen molar-refractivity contribution in [3.05, 3.63) is 71.7 Å². The van der Waals surface area contributed by atoms with Crippen molar-refractivity contribution in [2.24, 2.45) is 0 Å². The molecule has 34 heavy (non-hydrogen) atoms. The Balaban J connectivity index is 2.59. The molecule has 2 aromatic rings. The van der Waals surface area contributed by atoms with Crippen molar-refractivity contribution in [2.75, 3.05) is 0 Å². The van der Waals surface area contributed by atoms with E-state index in [0.717, 1.165) is 38.1 Å². The molecule has 0 radical (unpaired) electrons. The van der Waals surface area contributed by atoms with Crippen molar-refractivity contribution in [1.29, 1.82) is 0 Å². The van der Waals surface area contributed by atoms with Gasteiger partial charge in [-0.15, -0.1) is 9.58 Å². The van der Waals surface area contributed by atoms with Crippen molar-refractivity contribution in [3.8, 4) is 0 Å². The molecule has 0 aliphatic heterocycles. The molecule has 2 aromatic carbocycles. The van der Waals surface area contributed by atoms with E-state index in [1.54, 1.807) is 0 Å². The average Bonchev–Trinajstić information content (AvgIpc) is 2.79. The maximum absolute atomic E-state index is 13.0. The third-order valence-electron chi connectivity index (χ3n) is 4.86. The van der Waals surface area contributed by atoms with E-state index in [1.165, 1.54) is 36.4 Å². The molecule has 2 atom stereocenters. The van der Waals surface area contributed by atoms with Gasteiger partial charge in [-0.3, -0.25) is 0 Å². The van der Waals surface area contributed by atoms with Gasteiger partial charge < -0.3 is 11.1 Å². The van der Waals surface area contributed by atoms with Crippen molar-refractivity contribution in [3.63, 3.8) is 0 Å². The molecule has 0 fully saturated rings. The minimum atomic E-state index is -5.19. The van der Waals surface area contributed by atoms with E-state index in [9.17, 15) is 44.7 Å². The summed E-state index contributed by atoms with van der Waals surface area (Å²) in [5.41, 5.74) is 18.5. The minimum absolute atomic E-state index is 0.543. The summed E-state index contributed by atoms with van der Waals surface area (Å²) in [7, 11) is -20.2. The van der Waals surface area contributed by atoms with E-state index in [1.807, 2.05) is 0 Å². The van der Waals surface area contributed by atoms with Gasteiger partial charge in [0.1, 0.15) is 0 Å². The van der Waals surface area contributed by atoms with Gasteiger partial charge in [-0.2, -0.15) is 0 Å². The Bertz CT molecular complexity index is 1500. The van der Waals surface area contributed by atoms with Crippen LogP contribution in [0.25, 0.3) is 11.1 Å². The van der Waals surface area contributed by atoms with Gasteiger partial charge in [0, 0.05) is 0 Å². The molecular weight excluding hydrogens is 528 g/mol. The molecule has 2 rings (SSSR count). The molecule has 0 N–H and O–H groups in total. The maximum Gasteiger partial charge on any atom is 0.499 e. The topological polar surface area (TPSA) is 209 Å². The molecule has 0 saturated heterocycles. The number of sulfone groups is 4. The largest absolute Gasteiger partial charge is 0.499 e. The summed E-state index contributed by atoms with van der Waals surface area (Å²) in [5, 5.41) is -4.30. The Morgan fingerprint density at radius 1 is 0.588 bits per heavy atom. The second-order valence-electron chi connectivity index (χ2n) is 6.87. The van der Waals surface area contributed by atoms with Crippen LogP contribution in [-0.4, -0.2) is 62.5 Å². The molecule has 0 saturated carbocycles. The van der Waals surface area contributed by atoms with Crippen LogP contribution >= 0.6 is 0 Å². The second kappa shape index (κ2) is 9.70. The van der Waals surface area contributed by atoms with Crippen LogP contribution in [0.5, 0.6) is 0 Å². The standard InChI is InChI=1S/C18H18N4O8S4/c1-13(31(23,24)17(21-19)33(27,28)15-9-5-3-6-10-15)14(2)32(25,26)18(22-20)34(29,30)16-11-7-4-8-12-16/h3-14H,1-2H3. The van der Waals surface area contributed by atoms with Crippen molar-refractivity contribution in [1.82, 2.24) is 0 Å². The summed E-state index contributed by atoms with van der Waals surface area (Å²) in [6.07, 6.45) is 0. The molecular formula is C18H18N4O8S4. The van der Waals surface area contributed by atoms with E-state index >= 15 is 0 Å². The quantitative estimate of drug-likeness (QED) is 0.225. The van der Waals surface area contributed by atoms with Crippen LogP contribution in [-0.2, 0) is 39.3 Å². The van der Waals surface area contributed by atoms with Crippen molar-refractivity contribution >= 4 is 48.1 Å². The van der Waals surface area contributed by atoms with Crippen LogP contribution in [0.15, 0.2) is 70.5 Å². The highest BCUT2D eigenvalue weighted by Crippen LogP contribution is 2.24. The molecule has 0 heterocycles. The number of hydrogen-bond donors (Lipinski definition) is 0. The Labute approximate surface area is 196 Å². The van der Waals surface area contributed by atoms with Gasteiger partial charge in [0.25, 0.3) is 39.3 Å². The summed E-state index contributed by atoms with van der Waals surface area (Å²) in [6, 6.07) is 12.1. The Kier molecular flexibility index (Phi) is 7.77. The summed E-state index contributed by atoms with van der Waals surface area (Å²) in [6.45, 7) is 1.57. The molecule has 2 unspecified atom stereocenters. The maximum atomic E-state index is 13.0. The molecule has 0 aliphatic rings. The zero-order valence-corrected chi connectivity index (χ0v) is 20.9. The fraction of sp³-hybridized carbons (Fsp3) is 0.222. The van der Waals surface area contributed by atoms with E-state index in [2.05, 4.69) is 9.58 Å². The molecule has 16 heteroatoms. The van der Waals surface area contributed by atoms with Crippen LogP contribution in [0, 0.1) is 0 Å². The van der Waals surface area contributed by atoms with Gasteiger partial charge in [0.05, 0.1) is 20.3 Å². The lowest BCUT2D eigenvalue weighted by Gasteiger charge is -2.16. The summed E-state index contributed by atoms with van der Waals surface area (Å²) in [4.78, 5) is 3.72. The van der Waals surface area contributed by atoms with Gasteiger partial charge in [0.15, 0.2) is 0 Å². The van der Waals surface area contributed by atoms with Gasteiger partial charge in [-0.05, 0) is 38.1 Å². The lowest BCUT2D eigenvalue weighted by molar-refractivity contribution is 0.00327. The van der Waals surface area contributed by atoms with E-state index < -0.39 is 68.4 Å². The molecule has 0 aromatic heterocycles. The first kappa shape index (κ1) is 27.2. The third kappa shape index (κ3) is 4.78. The number of hydrogen-bond acceptors (Lipinski definition) is 8. The Hall–Kier alpha value is -3.00. The fourth-order valence-electron chi connectivity index (χ4n) is 2.75. The normalized spacial score (nSPS) is 14.3. The summed E-state index contributed by atoms with van der Waals surface area (Å²) in [5.74, 6) is 0. The minimum Gasteiger partial charge on any atom is -0.359 e. The monoisotopic (exact) mass is 546 g/mol. The fourth-order valence-corrected chi connectivity index (χ4v) is 11.1. The van der Waals surface area contributed by atoms with E-state index in [0.29, 0.717) is 0 Å². The molecule has 182 valence electrons. The smallest absolute Gasteiger partial charge is 0.359 e. The zero-order chi connectivity index (χ0) is 25.9. The third-order valence-corrected chi connectivity index (χ3v) is 14.5. The Morgan fingerprint density at radius 2 is 0.853 bits per heavy atom. The van der Waals surface area contributed by atoms with Gasteiger partial charge in [-0.25, -0.2) is 33.7 Å². The number of nitrogens with zero attached hydrogens (tertiary/aromatic N) is 4. The van der Waals surface area contributed by atoms with Crippen molar-refractivity contribution < 1.29 is 43.3 Å². The van der Waals surface area contributed by atoms with Gasteiger partial charge >= 0.3 is 8.75 Å². The van der Waals surface area contributed by atoms with Crippen LogP contribution in [0.1, 0.15) is 13.8 Å². The molecule has 0 aliphatic carbocycles. The molecule has 0 bridgehead atoms. The first-order chi connectivity index (χ1) is 15.7. The number of rotatable bonds is 5.